The maximum absolute atomic E-state index is 13.0. The molecule has 25 heavy (non-hydrogen) atoms. The smallest absolute Gasteiger partial charge is 0.253 e. The lowest BCUT2D eigenvalue weighted by atomic mass is 9.94. The van der Waals surface area contributed by atoms with Gasteiger partial charge in [0.05, 0.1) is 11.9 Å². The zero-order chi connectivity index (χ0) is 17.9. The van der Waals surface area contributed by atoms with Crippen LogP contribution in [0.1, 0.15) is 24.8 Å². The van der Waals surface area contributed by atoms with Crippen molar-refractivity contribution >= 4 is 12.0 Å². The summed E-state index contributed by atoms with van der Waals surface area (Å²) in [6.45, 7) is 1.86. The summed E-state index contributed by atoms with van der Waals surface area (Å²) in [5.41, 5.74) is 0.792. The van der Waals surface area contributed by atoms with Gasteiger partial charge >= 0.3 is 0 Å². The van der Waals surface area contributed by atoms with Gasteiger partial charge in [-0.05, 0) is 51.6 Å². The number of ether oxygens (including phenoxy) is 1. The molecule has 0 spiro atoms. The van der Waals surface area contributed by atoms with Gasteiger partial charge < -0.3 is 19.6 Å². The molecule has 5 heteroatoms. The molecule has 0 unspecified atom stereocenters. The number of rotatable bonds is 3. The third-order valence-electron chi connectivity index (χ3n) is 4.73. The van der Waals surface area contributed by atoms with Gasteiger partial charge in [0, 0.05) is 30.8 Å². The molecule has 0 bridgehead atoms. The second-order valence-electron chi connectivity index (χ2n) is 7.17. The predicted molar refractivity (Wildman–Crippen MR) is 98.1 cm³/mol. The van der Waals surface area contributed by atoms with Crippen molar-refractivity contribution in [3.63, 3.8) is 0 Å². The van der Waals surface area contributed by atoms with Crippen LogP contribution in [0.15, 0.2) is 42.2 Å². The van der Waals surface area contributed by atoms with Gasteiger partial charge in [-0.3, -0.25) is 4.79 Å². The fraction of sp³-hybridized carbons (Fsp3) is 0.450. The van der Waals surface area contributed by atoms with E-state index in [1.54, 1.807) is 12.3 Å². The van der Waals surface area contributed by atoms with Gasteiger partial charge in [0.2, 0.25) is 0 Å². The molecule has 1 saturated heterocycles. The highest BCUT2D eigenvalue weighted by molar-refractivity contribution is 6.01. The second kappa shape index (κ2) is 7.42. The van der Waals surface area contributed by atoms with E-state index in [0.717, 1.165) is 24.2 Å². The molecular weight excluding hydrogens is 316 g/mol. The minimum Gasteiger partial charge on any atom is -0.464 e. The summed E-state index contributed by atoms with van der Waals surface area (Å²) in [4.78, 5) is 16.8. The Balaban J connectivity index is 1.74. The van der Waals surface area contributed by atoms with Gasteiger partial charge in [0.1, 0.15) is 5.75 Å². The van der Waals surface area contributed by atoms with Crippen LogP contribution in [0.2, 0.25) is 0 Å². The average Bonchev–Trinajstić information content (AvgIpc) is 2.89. The monoisotopic (exact) mass is 342 g/mol. The first kappa shape index (κ1) is 17.7. The Morgan fingerprint density at radius 1 is 1.28 bits per heavy atom. The molecule has 1 atom stereocenters. The number of hydrogen-bond donors (Lipinski definition) is 1. The van der Waals surface area contributed by atoms with Gasteiger partial charge in [-0.15, -0.1) is 0 Å². The lowest BCUT2D eigenvalue weighted by Crippen LogP contribution is -2.41. The number of amides is 1. The first-order chi connectivity index (χ1) is 12.0. The van der Waals surface area contributed by atoms with Crippen molar-refractivity contribution < 1.29 is 14.6 Å². The molecule has 5 nitrogen and oxygen atoms in total. The molecule has 2 aliphatic heterocycles. The predicted octanol–water partition coefficient (Wildman–Crippen LogP) is 2.28. The summed E-state index contributed by atoms with van der Waals surface area (Å²) in [5.74, 6) is 0.739. The number of hydrogen-bond acceptors (Lipinski definition) is 4. The number of benzene rings is 1. The zero-order valence-corrected chi connectivity index (χ0v) is 14.9. The summed E-state index contributed by atoms with van der Waals surface area (Å²) < 4.78 is 5.57. The van der Waals surface area contributed by atoms with Crippen molar-refractivity contribution in [2.45, 2.75) is 24.9 Å². The fourth-order valence-corrected chi connectivity index (χ4v) is 3.55. The van der Waals surface area contributed by atoms with E-state index in [9.17, 15) is 9.90 Å². The minimum atomic E-state index is -0.720. The first-order valence-electron chi connectivity index (χ1n) is 8.77. The number of likely N-dealkylation sites (tertiary alicyclic amines) is 1. The summed E-state index contributed by atoms with van der Waals surface area (Å²) in [6.07, 6.45) is 7.28. The lowest BCUT2D eigenvalue weighted by molar-refractivity contribution is -0.126. The van der Waals surface area contributed by atoms with Crippen LogP contribution < -0.4 is 4.74 Å². The van der Waals surface area contributed by atoms with Crippen LogP contribution in [-0.4, -0.2) is 60.1 Å². The summed E-state index contributed by atoms with van der Waals surface area (Å²) in [7, 11) is 3.93. The molecule has 3 rings (SSSR count). The number of carbonyl (C=O) groups excluding carboxylic acids is 1. The molecule has 134 valence electrons. The number of likely N-dealkylation sites (N-methyl/N-ethyl adjacent to an activating group) is 1. The van der Waals surface area contributed by atoms with Crippen LogP contribution >= 0.6 is 0 Å². The second-order valence-corrected chi connectivity index (χ2v) is 7.17. The maximum Gasteiger partial charge on any atom is 0.253 e. The van der Waals surface area contributed by atoms with E-state index in [2.05, 4.69) is 0 Å². The number of fused-ring (bicyclic) bond motifs is 1. The Hall–Kier alpha value is -2.11. The Morgan fingerprint density at radius 2 is 2.08 bits per heavy atom. The summed E-state index contributed by atoms with van der Waals surface area (Å²) in [6, 6.07) is 7.66. The van der Waals surface area contributed by atoms with E-state index in [4.69, 9.17) is 4.74 Å². The number of para-hydroxylation sites is 1. The molecule has 0 saturated carbocycles. The van der Waals surface area contributed by atoms with E-state index in [1.165, 1.54) is 0 Å². The third kappa shape index (κ3) is 4.30. The molecule has 0 radical (unpaired) electrons. The van der Waals surface area contributed by atoms with Crippen molar-refractivity contribution in [2.75, 3.05) is 33.7 Å². The lowest BCUT2D eigenvalue weighted by Gasteiger charge is -2.30. The molecule has 1 amide bonds. The van der Waals surface area contributed by atoms with Crippen molar-refractivity contribution in [3.05, 3.63) is 47.7 Å². The largest absolute Gasteiger partial charge is 0.464 e. The average molecular weight is 342 g/mol. The molecular formula is C20H26N2O3. The van der Waals surface area contributed by atoms with Crippen LogP contribution in [0.3, 0.4) is 0 Å². The third-order valence-corrected chi connectivity index (χ3v) is 4.73. The quantitative estimate of drug-likeness (QED) is 0.916. The van der Waals surface area contributed by atoms with E-state index in [-0.39, 0.29) is 5.91 Å². The highest BCUT2D eigenvalue weighted by Gasteiger charge is 2.32. The number of aliphatic hydroxyl groups is 1. The van der Waals surface area contributed by atoms with Gasteiger partial charge in [0.25, 0.3) is 5.91 Å². The van der Waals surface area contributed by atoms with E-state index >= 15 is 0 Å². The van der Waals surface area contributed by atoms with E-state index in [1.807, 2.05) is 54.2 Å². The van der Waals surface area contributed by atoms with Crippen molar-refractivity contribution in [1.82, 2.24) is 9.80 Å². The van der Waals surface area contributed by atoms with Crippen LogP contribution in [0.25, 0.3) is 6.08 Å². The van der Waals surface area contributed by atoms with Gasteiger partial charge in [-0.2, -0.15) is 0 Å². The maximum atomic E-state index is 13.0. The van der Waals surface area contributed by atoms with E-state index < -0.39 is 5.60 Å². The van der Waals surface area contributed by atoms with Crippen molar-refractivity contribution in [3.8, 4) is 5.75 Å². The molecule has 1 aromatic carbocycles. The first-order valence-corrected chi connectivity index (χ1v) is 8.77. The standard InChI is InChI=1S/C20H26N2O3/c1-21(2)15-20(24)9-5-11-22(12-10-20)19(23)17-8-13-25-18-7-4-3-6-16(18)14-17/h3-4,6-8,13-14,24H,5,9-12,15H2,1-2H3/t20-/m0/s1. The molecule has 1 N–H and O–H groups in total. The van der Waals surface area contributed by atoms with Gasteiger partial charge in [-0.1, -0.05) is 18.2 Å². The Bertz CT molecular complexity index is 696. The molecule has 1 fully saturated rings. The molecule has 2 heterocycles. The van der Waals surface area contributed by atoms with Crippen molar-refractivity contribution in [1.29, 1.82) is 0 Å². The summed E-state index contributed by atoms with van der Waals surface area (Å²) in [5, 5.41) is 10.8. The van der Waals surface area contributed by atoms with Gasteiger partial charge in [0.15, 0.2) is 0 Å². The summed E-state index contributed by atoms with van der Waals surface area (Å²) >= 11 is 0. The molecule has 0 aromatic heterocycles. The molecule has 0 aliphatic carbocycles. The van der Waals surface area contributed by atoms with Crippen LogP contribution in [-0.2, 0) is 4.79 Å². The molecule has 1 aromatic rings. The highest BCUT2D eigenvalue weighted by atomic mass is 16.5. The zero-order valence-electron chi connectivity index (χ0n) is 14.9. The minimum absolute atomic E-state index is 0.00865. The van der Waals surface area contributed by atoms with Crippen LogP contribution in [0.5, 0.6) is 5.75 Å². The SMILES string of the molecule is CN(C)C[C@]1(O)CCCN(C(=O)C2=Cc3ccccc3OC=C2)CC1. The van der Waals surface area contributed by atoms with Crippen molar-refractivity contribution in [2.24, 2.45) is 0 Å². The Morgan fingerprint density at radius 3 is 2.88 bits per heavy atom. The van der Waals surface area contributed by atoms with E-state index in [0.29, 0.717) is 31.6 Å². The number of carbonyl (C=O) groups is 1. The van der Waals surface area contributed by atoms with Crippen LogP contribution in [0, 0.1) is 0 Å². The Labute approximate surface area is 149 Å². The molecule has 2 aliphatic rings. The Kier molecular flexibility index (Phi) is 5.25. The highest BCUT2D eigenvalue weighted by Crippen LogP contribution is 2.27. The topological polar surface area (TPSA) is 53.0 Å². The van der Waals surface area contributed by atoms with Gasteiger partial charge in [-0.25, -0.2) is 0 Å². The number of nitrogens with zero attached hydrogens (tertiary/aromatic N) is 2. The fourth-order valence-electron chi connectivity index (χ4n) is 3.55. The normalized spacial score (nSPS) is 23.4. The van der Waals surface area contributed by atoms with Crippen LogP contribution in [0.4, 0.5) is 0 Å².